The molecule has 0 radical (unpaired) electrons. The van der Waals surface area contributed by atoms with E-state index in [0.29, 0.717) is 5.33 Å². The van der Waals surface area contributed by atoms with Crippen molar-refractivity contribution in [2.45, 2.75) is 12.2 Å². The van der Waals surface area contributed by atoms with Gasteiger partial charge >= 0.3 is 0 Å². The van der Waals surface area contributed by atoms with Crippen LogP contribution in [0, 0.1) is 0 Å². The van der Waals surface area contributed by atoms with E-state index in [9.17, 15) is 10.2 Å². The maximum Gasteiger partial charge on any atom is 0.106 e. The molecule has 2 atom stereocenters. The molecular weight excluding hydrogens is 306 g/mol. The van der Waals surface area contributed by atoms with Gasteiger partial charge in [0, 0.05) is 27.1 Å². The van der Waals surface area contributed by atoms with Crippen LogP contribution >= 0.6 is 15.9 Å². The molecule has 2 aromatic carbocycles. The number of hydrogen-bond donors (Lipinski definition) is 3. The molecule has 0 aliphatic heterocycles. The summed E-state index contributed by atoms with van der Waals surface area (Å²) in [5.41, 5.74) is 2.83. The number of aliphatic hydroxyl groups excluding tert-OH is 2. The minimum Gasteiger partial charge on any atom is -0.389 e. The van der Waals surface area contributed by atoms with Crippen molar-refractivity contribution in [3.63, 3.8) is 0 Å². The Balaban J connectivity index is 2.16. The fraction of sp³-hybridized carbons (Fsp3) is 0.200. The van der Waals surface area contributed by atoms with Gasteiger partial charge in [-0.3, -0.25) is 0 Å². The first kappa shape index (κ1) is 12.7. The summed E-state index contributed by atoms with van der Waals surface area (Å²) in [5.74, 6) is 0. The van der Waals surface area contributed by atoms with Crippen LogP contribution < -0.4 is 0 Å². The second kappa shape index (κ2) is 4.96. The topological polar surface area (TPSA) is 56.2 Å². The predicted molar refractivity (Wildman–Crippen MR) is 80.6 cm³/mol. The fourth-order valence-electron chi connectivity index (χ4n) is 2.36. The van der Waals surface area contributed by atoms with Gasteiger partial charge in [-0.05, 0) is 23.8 Å². The smallest absolute Gasteiger partial charge is 0.106 e. The van der Waals surface area contributed by atoms with Gasteiger partial charge in [-0.15, -0.1) is 0 Å². The normalized spacial score (nSPS) is 14.9. The number of fused-ring (bicyclic) bond motifs is 3. The predicted octanol–water partition coefficient (Wildman–Crippen LogP) is 3.11. The summed E-state index contributed by atoms with van der Waals surface area (Å²) in [6.45, 7) is 0. The molecule has 3 N–H and O–H groups in total. The zero-order valence-corrected chi connectivity index (χ0v) is 11.8. The standard InChI is InChI=1S/C15H14BrNO2/c16-8-14(18)15(19)9-5-6-13-11(7-9)10-3-1-2-4-12(10)17-13/h1-7,14-15,17-19H,8H2. The van der Waals surface area contributed by atoms with E-state index in [1.807, 2.05) is 42.5 Å². The van der Waals surface area contributed by atoms with E-state index < -0.39 is 12.2 Å². The number of aromatic amines is 1. The van der Waals surface area contributed by atoms with Gasteiger partial charge in [0.1, 0.15) is 6.10 Å². The Morgan fingerprint density at radius 3 is 2.53 bits per heavy atom. The third-order valence-electron chi connectivity index (χ3n) is 3.39. The maximum absolute atomic E-state index is 10.1. The maximum atomic E-state index is 10.1. The molecule has 0 bridgehead atoms. The summed E-state index contributed by atoms with van der Waals surface area (Å²) in [7, 11) is 0. The molecule has 0 saturated carbocycles. The molecule has 0 saturated heterocycles. The summed E-state index contributed by atoms with van der Waals surface area (Å²) >= 11 is 3.18. The van der Waals surface area contributed by atoms with Crippen LogP contribution in [0.5, 0.6) is 0 Å². The van der Waals surface area contributed by atoms with Crippen molar-refractivity contribution in [3.05, 3.63) is 48.0 Å². The van der Waals surface area contributed by atoms with Gasteiger partial charge in [0.2, 0.25) is 0 Å². The Morgan fingerprint density at radius 2 is 1.74 bits per heavy atom. The monoisotopic (exact) mass is 319 g/mol. The van der Waals surface area contributed by atoms with Crippen molar-refractivity contribution in [1.82, 2.24) is 4.98 Å². The number of benzene rings is 2. The number of aliphatic hydroxyl groups is 2. The molecule has 3 aromatic rings. The number of rotatable bonds is 3. The first-order valence-corrected chi connectivity index (χ1v) is 7.25. The second-order valence-corrected chi connectivity index (χ2v) is 5.29. The van der Waals surface area contributed by atoms with Gasteiger partial charge in [-0.2, -0.15) is 0 Å². The molecule has 1 heterocycles. The van der Waals surface area contributed by atoms with E-state index in [1.165, 1.54) is 0 Å². The molecule has 4 heteroatoms. The lowest BCUT2D eigenvalue weighted by atomic mass is 10.0. The average molecular weight is 320 g/mol. The van der Waals surface area contributed by atoms with Gasteiger partial charge in [-0.25, -0.2) is 0 Å². The van der Waals surface area contributed by atoms with Gasteiger partial charge in [0.15, 0.2) is 0 Å². The molecule has 98 valence electrons. The Morgan fingerprint density at radius 1 is 1.00 bits per heavy atom. The molecule has 0 fully saturated rings. The molecule has 1 aromatic heterocycles. The summed E-state index contributed by atoms with van der Waals surface area (Å²) in [5, 5.41) is 22.3. The second-order valence-electron chi connectivity index (χ2n) is 4.64. The SMILES string of the molecule is OC(CBr)C(O)c1ccc2[nH]c3ccccc3c2c1. The van der Waals surface area contributed by atoms with Crippen LogP contribution in [0.25, 0.3) is 21.8 Å². The van der Waals surface area contributed by atoms with Gasteiger partial charge in [0.25, 0.3) is 0 Å². The molecule has 3 nitrogen and oxygen atoms in total. The Kier molecular flexibility index (Phi) is 3.31. The third-order valence-corrected chi connectivity index (χ3v) is 4.06. The minimum atomic E-state index is -0.877. The van der Waals surface area contributed by atoms with Crippen LogP contribution in [0.1, 0.15) is 11.7 Å². The first-order valence-electron chi connectivity index (χ1n) is 6.13. The van der Waals surface area contributed by atoms with Crippen LogP contribution in [0.3, 0.4) is 0 Å². The zero-order chi connectivity index (χ0) is 13.4. The van der Waals surface area contributed by atoms with E-state index in [-0.39, 0.29) is 0 Å². The summed E-state index contributed by atoms with van der Waals surface area (Å²) in [4.78, 5) is 3.33. The summed E-state index contributed by atoms with van der Waals surface area (Å²) in [6, 6.07) is 13.8. The van der Waals surface area contributed by atoms with Crippen LogP contribution in [-0.4, -0.2) is 26.6 Å². The third kappa shape index (κ3) is 2.16. The number of nitrogens with one attached hydrogen (secondary N) is 1. The minimum absolute atomic E-state index is 0.347. The van der Waals surface area contributed by atoms with Crippen molar-refractivity contribution < 1.29 is 10.2 Å². The summed E-state index contributed by atoms with van der Waals surface area (Å²) in [6.07, 6.45) is -1.68. The lowest BCUT2D eigenvalue weighted by molar-refractivity contribution is 0.0343. The molecule has 3 rings (SSSR count). The highest BCUT2D eigenvalue weighted by Crippen LogP contribution is 2.28. The van der Waals surface area contributed by atoms with Gasteiger partial charge in [0.05, 0.1) is 6.10 Å². The zero-order valence-electron chi connectivity index (χ0n) is 10.2. The Labute approximate surface area is 119 Å². The van der Waals surface area contributed by atoms with Crippen molar-refractivity contribution in [1.29, 1.82) is 0 Å². The van der Waals surface area contributed by atoms with Crippen molar-refractivity contribution in [3.8, 4) is 0 Å². The molecule has 0 amide bonds. The van der Waals surface area contributed by atoms with Crippen LogP contribution in [0.4, 0.5) is 0 Å². The number of aromatic nitrogens is 1. The quantitative estimate of drug-likeness (QED) is 0.650. The van der Waals surface area contributed by atoms with Crippen molar-refractivity contribution >= 4 is 37.7 Å². The highest BCUT2D eigenvalue weighted by molar-refractivity contribution is 9.09. The number of halogens is 1. The van der Waals surface area contributed by atoms with Crippen LogP contribution in [0.15, 0.2) is 42.5 Å². The number of para-hydroxylation sites is 1. The van der Waals surface area contributed by atoms with E-state index in [2.05, 4.69) is 20.9 Å². The highest BCUT2D eigenvalue weighted by Gasteiger charge is 2.17. The molecule has 0 spiro atoms. The van der Waals surface area contributed by atoms with Crippen LogP contribution in [-0.2, 0) is 0 Å². The van der Waals surface area contributed by atoms with Crippen molar-refractivity contribution in [2.75, 3.05) is 5.33 Å². The number of H-pyrrole nitrogens is 1. The molecule has 2 unspecified atom stereocenters. The Bertz CT molecular complexity index is 722. The average Bonchev–Trinajstić information content (AvgIpc) is 2.83. The van der Waals surface area contributed by atoms with E-state index in [0.717, 1.165) is 27.4 Å². The molecule has 0 aliphatic carbocycles. The Hall–Kier alpha value is -1.36. The lowest BCUT2D eigenvalue weighted by Crippen LogP contribution is -2.19. The number of alkyl halides is 1. The lowest BCUT2D eigenvalue weighted by Gasteiger charge is -2.15. The van der Waals surface area contributed by atoms with E-state index in [4.69, 9.17) is 0 Å². The number of hydrogen-bond acceptors (Lipinski definition) is 2. The molecular formula is C15H14BrNO2. The highest BCUT2D eigenvalue weighted by atomic mass is 79.9. The molecule has 0 aliphatic rings. The van der Waals surface area contributed by atoms with E-state index >= 15 is 0 Å². The fourth-order valence-corrected chi connectivity index (χ4v) is 2.71. The first-order chi connectivity index (χ1) is 9.20. The van der Waals surface area contributed by atoms with Gasteiger partial charge < -0.3 is 15.2 Å². The largest absolute Gasteiger partial charge is 0.389 e. The van der Waals surface area contributed by atoms with Gasteiger partial charge in [-0.1, -0.05) is 40.2 Å². The summed E-state index contributed by atoms with van der Waals surface area (Å²) < 4.78 is 0. The van der Waals surface area contributed by atoms with Crippen molar-refractivity contribution in [2.24, 2.45) is 0 Å². The van der Waals surface area contributed by atoms with E-state index in [1.54, 1.807) is 0 Å². The van der Waals surface area contributed by atoms with Crippen LogP contribution in [0.2, 0.25) is 0 Å². The molecule has 19 heavy (non-hydrogen) atoms.